The lowest BCUT2D eigenvalue weighted by atomic mass is 9.89. The van der Waals surface area contributed by atoms with Gasteiger partial charge in [-0.1, -0.05) is 0 Å². The second-order valence-electron chi connectivity index (χ2n) is 7.91. The SMILES string of the molecule is Cc1ccc(C(=O)N2CCSC2)c(C2CCN(C(=O)c3cc(C)c(C)o3)CC2)n1. The molecule has 4 rings (SSSR count). The summed E-state index contributed by atoms with van der Waals surface area (Å²) in [4.78, 5) is 34.3. The number of aryl methyl sites for hydroxylation is 3. The van der Waals surface area contributed by atoms with Crippen LogP contribution in [-0.4, -0.2) is 57.9 Å². The fourth-order valence-corrected chi connectivity index (χ4v) is 4.95. The van der Waals surface area contributed by atoms with Gasteiger partial charge in [-0.05, 0) is 57.4 Å². The van der Waals surface area contributed by atoms with Crippen molar-refractivity contribution >= 4 is 23.6 Å². The van der Waals surface area contributed by atoms with E-state index in [2.05, 4.69) is 0 Å². The Labute approximate surface area is 175 Å². The number of likely N-dealkylation sites (tertiary alicyclic amines) is 1. The first-order valence-electron chi connectivity index (χ1n) is 10.1. The largest absolute Gasteiger partial charge is 0.456 e. The van der Waals surface area contributed by atoms with E-state index < -0.39 is 0 Å². The lowest BCUT2D eigenvalue weighted by Gasteiger charge is -2.32. The highest BCUT2D eigenvalue weighted by molar-refractivity contribution is 7.99. The summed E-state index contributed by atoms with van der Waals surface area (Å²) in [6.45, 7) is 7.87. The molecule has 2 aromatic rings. The normalized spacial score (nSPS) is 17.8. The summed E-state index contributed by atoms with van der Waals surface area (Å²) in [5.74, 6) is 3.16. The summed E-state index contributed by atoms with van der Waals surface area (Å²) in [7, 11) is 0. The smallest absolute Gasteiger partial charge is 0.289 e. The van der Waals surface area contributed by atoms with Gasteiger partial charge in [0.25, 0.3) is 11.8 Å². The number of carbonyl (C=O) groups is 2. The Bertz CT molecular complexity index is 906. The first-order chi connectivity index (χ1) is 13.9. The van der Waals surface area contributed by atoms with E-state index in [1.54, 1.807) is 11.8 Å². The molecule has 6 nitrogen and oxygen atoms in total. The van der Waals surface area contributed by atoms with Crippen LogP contribution in [0.3, 0.4) is 0 Å². The van der Waals surface area contributed by atoms with Gasteiger partial charge in [0, 0.05) is 37.0 Å². The van der Waals surface area contributed by atoms with Crippen molar-refractivity contribution in [2.75, 3.05) is 31.3 Å². The molecule has 0 atom stereocenters. The molecular weight excluding hydrogens is 386 g/mol. The highest BCUT2D eigenvalue weighted by atomic mass is 32.2. The van der Waals surface area contributed by atoms with Crippen LogP contribution in [0.1, 0.15) is 62.4 Å². The van der Waals surface area contributed by atoms with Gasteiger partial charge in [0.05, 0.1) is 17.1 Å². The minimum atomic E-state index is -0.0535. The van der Waals surface area contributed by atoms with E-state index >= 15 is 0 Å². The lowest BCUT2D eigenvalue weighted by molar-refractivity contribution is 0.0675. The molecule has 0 aliphatic carbocycles. The van der Waals surface area contributed by atoms with Crippen LogP contribution in [0.2, 0.25) is 0 Å². The monoisotopic (exact) mass is 413 g/mol. The van der Waals surface area contributed by atoms with Crippen molar-refractivity contribution in [2.45, 2.75) is 39.5 Å². The third kappa shape index (κ3) is 4.06. The maximum absolute atomic E-state index is 13.0. The fourth-order valence-electron chi connectivity index (χ4n) is 4.00. The maximum Gasteiger partial charge on any atom is 0.289 e. The minimum absolute atomic E-state index is 0.0535. The predicted octanol–water partition coefficient (Wildman–Crippen LogP) is 3.77. The van der Waals surface area contributed by atoms with E-state index in [4.69, 9.17) is 9.40 Å². The third-order valence-corrected chi connectivity index (χ3v) is 6.85. The van der Waals surface area contributed by atoms with Crippen molar-refractivity contribution in [3.63, 3.8) is 0 Å². The summed E-state index contributed by atoms with van der Waals surface area (Å²) in [6.07, 6.45) is 1.60. The summed E-state index contributed by atoms with van der Waals surface area (Å²) < 4.78 is 5.61. The Morgan fingerprint density at radius 1 is 1.07 bits per heavy atom. The molecule has 7 heteroatoms. The van der Waals surface area contributed by atoms with E-state index in [1.165, 1.54) is 0 Å². The molecule has 2 aliphatic heterocycles. The van der Waals surface area contributed by atoms with Gasteiger partial charge >= 0.3 is 0 Å². The number of piperidine rings is 1. The number of amides is 2. The van der Waals surface area contributed by atoms with Crippen molar-refractivity contribution in [3.05, 3.63) is 52.2 Å². The number of furan rings is 1. The van der Waals surface area contributed by atoms with Gasteiger partial charge < -0.3 is 14.2 Å². The van der Waals surface area contributed by atoms with Crippen molar-refractivity contribution in [1.29, 1.82) is 0 Å². The van der Waals surface area contributed by atoms with Crippen LogP contribution in [0.5, 0.6) is 0 Å². The Morgan fingerprint density at radius 2 is 1.83 bits per heavy atom. The quantitative estimate of drug-likeness (QED) is 0.766. The Morgan fingerprint density at radius 3 is 2.45 bits per heavy atom. The maximum atomic E-state index is 13.0. The number of aromatic nitrogens is 1. The molecule has 29 heavy (non-hydrogen) atoms. The third-order valence-electron chi connectivity index (χ3n) is 5.88. The number of rotatable bonds is 3. The van der Waals surface area contributed by atoms with Crippen LogP contribution < -0.4 is 0 Å². The number of thioether (sulfide) groups is 1. The molecule has 2 aromatic heterocycles. The second-order valence-corrected chi connectivity index (χ2v) is 8.98. The molecule has 2 saturated heterocycles. The number of hydrogen-bond donors (Lipinski definition) is 0. The molecule has 0 spiro atoms. The van der Waals surface area contributed by atoms with Crippen LogP contribution in [0, 0.1) is 20.8 Å². The lowest BCUT2D eigenvalue weighted by Crippen LogP contribution is -2.38. The fraction of sp³-hybridized carbons (Fsp3) is 0.500. The van der Waals surface area contributed by atoms with Gasteiger partial charge in [-0.15, -0.1) is 11.8 Å². The molecular formula is C22H27N3O3S. The Kier molecular flexibility index (Phi) is 5.67. The highest BCUT2D eigenvalue weighted by Crippen LogP contribution is 2.31. The molecule has 0 radical (unpaired) electrons. The van der Waals surface area contributed by atoms with E-state index in [0.717, 1.165) is 59.3 Å². The van der Waals surface area contributed by atoms with Gasteiger partial charge in [-0.25, -0.2) is 0 Å². The number of pyridine rings is 1. The topological polar surface area (TPSA) is 66.7 Å². The summed E-state index contributed by atoms with van der Waals surface area (Å²) in [5.41, 5.74) is 3.53. The zero-order valence-corrected chi connectivity index (χ0v) is 18.1. The molecule has 4 heterocycles. The molecule has 2 amide bonds. The predicted molar refractivity (Wildman–Crippen MR) is 113 cm³/mol. The van der Waals surface area contributed by atoms with Crippen LogP contribution in [0.25, 0.3) is 0 Å². The standard InChI is InChI=1S/C22H27N3O3S/c1-14-12-19(28-16(14)3)22(27)24-8-6-17(7-9-24)20-18(5-4-15(2)23-20)21(26)25-10-11-29-13-25/h4-5,12,17H,6-11,13H2,1-3H3. The zero-order valence-electron chi connectivity index (χ0n) is 17.2. The van der Waals surface area contributed by atoms with Gasteiger partial charge in [0.1, 0.15) is 5.76 Å². The molecule has 0 aromatic carbocycles. The van der Waals surface area contributed by atoms with Gasteiger partial charge in [0.15, 0.2) is 5.76 Å². The second kappa shape index (κ2) is 8.22. The van der Waals surface area contributed by atoms with Gasteiger partial charge in [-0.3, -0.25) is 14.6 Å². The van der Waals surface area contributed by atoms with E-state index in [-0.39, 0.29) is 17.7 Å². The molecule has 154 valence electrons. The Hall–Kier alpha value is -2.28. The minimum Gasteiger partial charge on any atom is -0.456 e. The highest BCUT2D eigenvalue weighted by Gasteiger charge is 2.31. The molecule has 0 unspecified atom stereocenters. The summed E-state index contributed by atoms with van der Waals surface area (Å²) in [5, 5.41) is 0. The summed E-state index contributed by atoms with van der Waals surface area (Å²) in [6, 6.07) is 5.66. The van der Waals surface area contributed by atoms with E-state index in [9.17, 15) is 9.59 Å². The van der Waals surface area contributed by atoms with E-state index in [0.29, 0.717) is 18.8 Å². The average Bonchev–Trinajstić information content (AvgIpc) is 3.37. The van der Waals surface area contributed by atoms with Gasteiger partial charge in [0.2, 0.25) is 0 Å². The first kappa shape index (κ1) is 20.0. The first-order valence-corrected chi connectivity index (χ1v) is 11.3. The number of hydrogen-bond acceptors (Lipinski definition) is 5. The van der Waals surface area contributed by atoms with Crippen LogP contribution in [0.4, 0.5) is 0 Å². The van der Waals surface area contributed by atoms with E-state index in [1.807, 2.05) is 48.8 Å². The number of carbonyl (C=O) groups excluding carboxylic acids is 2. The van der Waals surface area contributed by atoms with Crippen molar-refractivity contribution < 1.29 is 14.0 Å². The Balaban J connectivity index is 1.49. The summed E-state index contributed by atoms with van der Waals surface area (Å²) >= 11 is 1.79. The van der Waals surface area contributed by atoms with Crippen molar-refractivity contribution in [2.24, 2.45) is 0 Å². The molecule has 2 aliphatic rings. The molecule has 0 N–H and O–H groups in total. The zero-order chi connectivity index (χ0) is 20.5. The van der Waals surface area contributed by atoms with Crippen LogP contribution in [0.15, 0.2) is 22.6 Å². The van der Waals surface area contributed by atoms with Crippen LogP contribution in [-0.2, 0) is 0 Å². The average molecular weight is 414 g/mol. The van der Waals surface area contributed by atoms with Gasteiger partial charge in [-0.2, -0.15) is 0 Å². The van der Waals surface area contributed by atoms with Crippen molar-refractivity contribution in [1.82, 2.24) is 14.8 Å². The van der Waals surface area contributed by atoms with Crippen molar-refractivity contribution in [3.8, 4) is 0 Å². The molecule has 0 saturated carbocycles. The molecule has 0 bridgehead atoms. The number of nitrogens with zero attached hydrogens (tertiary/aromatic N) is 3. The molecule has 2 fully saturated rings. The van der Waals surface area contributed by atoms with Crippen LogP contribution >= 0.6 is 11.8 Å².